The van der Waals surface area contributed by atoms with Crippen LogP contribution >= 0.6 is 22.9 Å². The maximum Gasteiger partial charge on any atom is 0.235 e. The molecular weight excluding hydrogens is 332 g/mol. The van der Waals surface area contributed by atoms with Crippen LogP contribution in [0.15, 0.2) is 6.07 Å². The smallest absolute Gasteiger partial charge is 0.235 e. The van der Waals surface area contributed by atoms with Gasteiger partial charge in [-0.25, -0.2) is 0 Å². The lowest BCUT2D eigenvalue weighted by molar-refractivity contribution is 0.633. The second-order valence-corrected chi connectivity index (χ2v) is 7.40. The van der Waals surface area contributed by atoms with Crippen LogP contribution in [0.2, 0.25) is 0 Å². The number of nitrogens with zero attached hydrogens (tertiary/aromatic N) is 7. The number of nitrogens with one attached hydrogen (secondary N) is 1. The van der Waals surface area contributed by atoms with Crippen molar-refractivity contribution in [3.05, 3.63) is 17.5 Å². The third-order valence-corrected chi connectivity index (χ3v) is 5.07. The van der Waals surface area contributed by atoms with Gasteiger partial charge in [0.2, 0.25) is 4.96 Å². The Kier molecular flexibility index (Phi) is 3.42. The van der Waals surface area contributed by atoms with E-state index >= 15 is 0 Å². The van der Waals surface area contributed by atoms with Crippen LogP contribution in [-0.2, 0) is 6.42 Å². The van der Waals surface area contributed by atoms with E-state index in [2.05, 4.69) is 48.9 Å². The van der Waals surface area contributed by atoms with Crippen LogP contribution in [0.25, 0.3) is 26.4 Å². The Hall–Kier alpha value is -2.20. The predicted molar refractivity (Wildman–Crippen MR) is 88.4 cm³/mol. The van der Waals surface area contributed by atoms with Crippen LogP contribution in [0.3, 0.4) is 0 Å². The summed E-state index contributed by atoms with van der Waals surface area (Å²) in [5.74, 6) is 1.25. The van der Waals surface area contributed by atoms with Crippen LogP contribution in [0.4, 0.5) is 0 Å². The molecule has 4 heterocycles. The molecule has 23 heavy (non-hydrogen) atoms. The molecule has 1 N–H and O–H groups in total. The summed E-state index contributed by atoms with van der Waals surface area (Å²) >= 11 is 2.76. The van der Waals surface area contributed by atoms with Crippen molar-refractivity contribution < 1.29 is 0 Å². The Bertz CT molecular complexity index is 960. The molecule has 8 nitrogen and oxygen atoms in total. The Morgan fingerprint density at radius 1 is 1.26 bits per heavy atom. The summed E-state index contributed by atoms with van der Waals surface area (Å²) in [5.41, 5.74) is 2.78. The number of rotatable bonds is 4. The monoisotopic (exact) mass is 346 g/mol. The van der Waals surface area contributed by atoms with Crippen LogP contribution < -0.4 is 0 Å². The van der Waals surface area contributed by atoms with E-state index in [4.69, 9.17) is 0 Å². The Morgan fingerprint density at radius 3 is 2.87 bits per heavy atom. The van der Waals surface area contributed by atoms with Crippen molar-refractivity contribution in [2.75, 3.05) is 0 Å². The summed E-state index contributed by atoms with van der Waals surface area (Å²) in [6.07, 6.45) is 0.966. The molecule has 0 aliphatic rings. The van der Waals surface area contributed by atoms with E-state index in [0.29, 0.717) is 11.7 Å². The van der Waals surface area contributed by atoms with Gasteiger partial charge in [0, 0.05) is 5.69 Å². The molecule has 0 fully saturated rings. The zero-order chi connectivity index (χ0) is 16.0. The number of aromatic amines is 1. The van der Waals surface area contributed by atoms with Gasteiger partial charge in [-0.1, -0.05) is 29.7 Å². The highest BCUT2D eigenvalue weighted by Gasteiger charge is 2.19. The molecule has 0 aliphatic heterocycles. The van der Waals surface area contributed by atoms with Crippen molar-refractivity contribution in [2.24, 2.45) is 5.92 Å². The number of H-pyrrole nitrogens is 1. The molecule has 0 unspecified atom stereocenters. The van der Waals surface area contributed by atoms with E-state index in [0.717, 1.165) is 38.3 Å². The van der Waals surface area contributed by atoms with Gasteiger partial charge in [0.05, 0.1) is 5.69 Å². The minimum absolute atomic E-state index is 0.578. The van der Waals surface area contributed by atoms with Crippen LogP contribution in [0.5, 0.6) is 0 Å². The first-order valence-electron chi connectivity index (χ1n) is 7.18. The Balaban J connectivity index is 1.74. The van der Waals surface area contributed by atoms with Gasteiger partial charge < -0.3 is 0 Å². The second-order valence-electron chi connectivity index (χ2n) is 5.69. The van der Waals surface area contributed by atoms with E-state index in [1.807, 2.05) is 13.0 Å². The summed E-state index contributed by atoms with van der Waals surface area (Å²) in [5, 5.41) is 25.3. The summed E-state index contributed by atoms with van der Waals surface area (Å²) in [6.45, 7) is 6.27. The summed E-state index contributed by atoms with van der Waals surface area (Å²) < 4.78 is 5.68. The standard InChI is InChI=1S/C13H14N8S2/c1-6(2)4-8-5-9(16-15-8)12-19-21-11(17-18-13(21)22-12)10-7(3)14-20-23-10/h5-6H,4H2,1-3H3,(H,15,16). The van der Waals surface area contributed by atoms with Crippen LogP contribution in [0.1, 0.15) is 25.2 Å². The lowest BCUT2D eigenvalue weighted by Crippen LogP contribution is -1.93. The zero-order valence-electron chi connectivity index (χ0n) is 12.8. The molecule has 0 aliphatic carbocycles. The van der Waals surface area contributed by atoms with Crippen molar-refractivity contribution in [3.63, 3.8) is 0 Å². The van der Waals surface area contributed by atoms with Gasteiger partial charge >= 0.3 is 0 Å². The van der Waals surface area contributed by atoms with Crippen molar-refractivity contribution in [1.29, 1.82) is 0 Å². The predicted octanol–water partition coefficient (Wildman–Crippen LogP) is 2.60. The van der Waals surface area contributed by atoms with E-state index in [-0.39, 0.29) is 0 Å². The highest BCUT2D eigenvalue weighted by atomic mass is 32.1. The first-order chi connectivity index (χ1) is 11.1. The molecule has 0 saturated carbocycles. The second kappa shape index (κ2) is 5.46. The van der Waals surface area contributed by atoms with Gasteiger partial charge in [0.25, 0.3) is 0 Å². The highest BCUT2D eigenvalue weighted by Crippen LogP contribution is 2.29. The number of hydrogen-bond donors (Lipinski definition) is 1. The molecule has 118 valence electrons. The lowest BCUT2D eigenvalue weighted by atomic mass is 10.1. The largest absolute Gasteiger partial charge is 0.282 e. The van der Waals surface area contributed by atoms with Gasteiger partial charge in [-0.3, -0.25) is 5.10 Å². The molecule has 10 heteroatoms. The third-order valence-electron chi connectivity index (χ3n) is 3.32. The maximum atomic E-state index is 4.61. The van der Waals surface area contributed by atoms with Gasteiger partial charge in [0.15, 0.2) is 10.8 Å². The number of aromatic nitrogens is 8. The first-order valence-corrected chi connectivity index (χ1v) is 8.77. The minimum atomic E-state index is 0.578. The third kappa shape index (κ3) is 2.53. The van der Waals surface area contributed by atoms with Gasteiger partial charge in [0.1, 0.15) is 10.6 Å². The lowest BCUT2D eigenvalue weighted by Gasteiger charge is -1.98. The van der Waals surface area contributed by atoms with Crippen molar-refractivity contribution in [2.45, 2.75) is 27.2 Å². The van der Waals surface area contributed by atoms with E-state index in [1.165, 1.54) is 22.9 Å². The maximum absolute atomic E-state index is 4.61. The van der Waals surface area contributed by atoms with Gasteiger partial charge in [-0.2, -0.15) is 14.7 Å². The molecule has 0 saturated heterocycles. The summed E-state index contributed by atoms with van der Waals surface area (Å²) in [7, 11) is 0. The quantitative estimate of drug-likeness (QED) is 0.610. The summed E-state index contributed by atoms with van der Waals surface area (Å²) in [4.78, 5) is 1.62. The fourth-order valence-corrected chi connectivity index (χ4v) is 3.74. The Labute approximate surface area is 139 Å². The van der Waals surface area contributed by atoms with E-state index < -0.39 is 0 Å². The molecule has 0 radical (unpaired) electrons. The van der Waals surface area contributed by atoms with Crippen LogP contribution in [0, 0.1) is 12.8 Å². The molecule has 0 aromatic carbocycles. The SMILES string of the molecule is Cc1nnsc1-c1nnc2sc(-c3cc(CC(C)C)[nH]n3)nn12. The molecule has 4 aromatic heterocycles. The number of fused-ring (bicyclic) bond motifs is 1. The van der Waals surface area contributed by atoms with Crippen molar-refractivity contribution in [3.8, 4) is 21.4 Å². The normalized spacial score (nSPS) is 11.8. The van der Waals surface area contributed by atoms with E-state index in [9.17, 15) is 0 Å². The fourth-order valence-electron chi connectivity index (χ4n) is 2.31. The summed E-state index contributed by atoms with van der Waals surface area (Å²) in [6, 6.07) is 2.05. The molecular formula is C13H14N8S2. The van der Waals surface area contributed by atoms with Crippen LogP contribution in [-0.4, -0.2) is 39.6 Å². The average Bonchev–Trinajstić information content (AvgIpc) is 3.20. The number of hydrogen-bond acceptors (Lipinski definition) is 8. The molecule has 0 amide bonds. The van der Waals surface area contributed by atoms with Crippen molar-refractivity contribution in [1.82, 2.24) is 39.6 Å². The van der Waals surface area contributed by atoms with Crippen molar-refractivity contribution >= 4 is 27.8 Å². The number of aryl methyl sites for hydroxylation is 1. The van der Waals surface area contributed by atoms with E-state index in [1.54, 1.807) is 4.52 Å². The molecule has 0 spiro atoms. The molecule has 0 bridgehead atoms. The highest BCUT2D eigenvalue weighted by molar-refractivity contribution is 7.19. The molecule has 0 atom stereocenters. The van der Waals surface area contributed by atoms with Gasteiger partial charge in [-0.15, -0.1) is 15.3 Å². The topological polar surface area (TPSA) is 97.5 Å². The molecule has 4 aromatic rings. The van der Waals surface area contributed by atoms with Gasteiger partial charge in [-0.05, 0) is 36.9 Å². The zero-order valence-corrected chi connectivity index (χ0v) is 14.4. The minimum Gasteiger partial charge on any atom is -0.282 e. The average molecular weight is 346 g/mol. The Morgan fingerprint density at radius 2 is 2.13 bits per heavy atom. The molecule has 4 rings (SSSR count). The first kappa shape index (κ1) is 14.4. The fraction of sp³-hybridized carbons (Fsp3) is 0.385.